The van der Waals surface area contributed by atoms with Gasteiger partial charge in [0.1, 0.15) is 5.65 Å². The van der Waals surface area contributed by atoms with Crippen molar-refractivity contribution in [1.82, 2.24) is 9.55 Å². The highest BCUT2D eigenvalue weighted by atomic mass is 15.0. The summed E-state index contributed by atoms with van der Waals surface area (Å²) in [6.45, 7) is 10.8. The summed E-state index contributed by atoms with van der Waals surface area (Å²) in [4.78, 5) is 4.38. The molecule has 0 aliphatic carbocycles. The molecule has 0 N–H and O–H groups in total. The molecule has 2 aromatic rings. The Bertz CT molecular complexity index is 520. The summed E-state index contributed by atoms with van der Waals surface area (Å²) in [7, 11) is 0. The van der Waals surface area contributed by atoms with Crippen molar-refractivity contribution in [2.75, 3.05) is 0 Å². The van der Waals surface area contributed by atoms with Gasteiger partial charge in [-0.25, -0.2) is 4.98 Å². The number of aryl methyl sites for hydroxylation is 1. The number of hydrogen-bond acceptors (Lipinski definition) is 1. The number of rotatable bonds is 3. The molecule has 0 atom stereocenters. The monoisotopic (exact) mass is 198 g/mol. The molecule has 76 valence electrons. The molecular formula is C13H14N2. The first-order chi connectivity index (χ1) is 7.27. The van der Waals surface area contributed by atoms with E-state index in [-0.39, 0.29) is 0 Å². The first-order valence-electron chi connectivity index (χ1n) is 5.03. The van der Waals surface area contributed by atoms with Crippen LogP contribution in [0.15, 0.2) is 43.8 Å². The summed E-state index contributed by atoms with van der Waals surface area (Å²) >= 11 is 0. The first kappa shape index (κ1) is 9.71. The number of pyridine rings is 1. The minimum atomic E-state index is 0.915. The molecule has 0 saturated carbocycles. The summed E-state index contributed by atoms with van der Waals surface area (Å²) in [6, 6.07) is 4.01. The average Bonchev–Trinajstić information content (AvgIpc) is 2.67. The molecule has 2 nitrogen and oxygen atoms in total. The van der Waals surface area contributed by atoms with Gasteiger partial charge < -0.3 is 4.57 Å². The molecule has 0 amide bonds. The Morgan fingerprint density at radius 2 is 2.40 bits per heavy atom. The highest BCUT2D eigenvalue weighted by Gasteiger charge is 2.08. The summed E-state index contributed by atoms with van der Waals surface area (Å²) in [5, 5.41) is 1.14. The topological polar surface area (TPSA) is 17.8 Å². The molecule has 0 spiro atoms. The van der Waals surface area contributed by atoms with Gasteiger partial charge in [-0.2, -0.15) is 0 Å². The van der Waals surface area contributed by atoms with Gasteiger partial charge in [0.15, 0.2) is 0 Å². The molecule has 2 heterocycles. The molecular weight excluding hydrogens is 184 g/mol. The summed E-state index contributed by atoms with van der Waals surface area (Å²) in [5.74, 6) is 0. The maximum atomic E-state index is 4.38. The van der Waals surface area contributed by atoms with Crippen molar-refractivity contribution in [3.8, 4) is 0 Å². The minimum Gasteiger partial charge on any atom is -0.332 e. The maximum Gasteiger partial charge on any atom is 0.140 e. The predicted octanol–water partition coefficient (Wildman–Crippen LogP) is 3.26. The second kappa shape index (κ2) is 3.73. The molecule has 0 bridgehead atoms. The van der Waals surface area contributed by atoms with Crippen LogP contribution < -0.4 is 0 Å². The Labute approximate surface area is 89.6 Å². The molecule has 0 aliphatic heterocycles. The van der Waals surface area contributed by atoms with Gasteiger partial charge in [-0.3, -0.25) is 0 Å². The van der Waals surface area contributed by atoms with E-state index in [4.69, 9.17) is 0 Å². The fourth-order valence-electron chi connectivity index (χ4n) is 1.73. The molecule has 2 heteroatoms. The van der Waals surface area contributed by atoms with Crippen molar-refractivity contribution in [1.29, 1.82) is 0 Å². The molecule has 2 aromatic heterocycles. The van der Waals surface area contributed by atoms with Gasteiger partial charge in [-0.1, -0.05) is 19.2 Å². The lowest BCUT2D eigenvalue weighted by Gasteiger charge is -1.96. The first-order valence-corrected chi connectivity index (χ1v) is 5.03. The normalized spacial score (nSPS) is 10.5. The zero-order chi connectivity index (χ0) is 10.8. The smallest absolute Gasteiger partial charge is 0.140 e. The fraction of sp³-hybridized carbons (Fsp3) is 0.154. The molecule has 0 aliphatic rings. The Morgan fingerprint density at radius 3 is 3.07 bits per heavy atom. The molecule has 15 heavy (non-hydrogen) atoms. The molecule has 0 fully saturated rings. The number of fused-ring (bicyclic) bond motifs is 1. The Hall–Kier alpha value is -1.83. The van der Waals surface area contributed by atoms with Crippen molar-refractivity contribution in [3.63, 3.8) is 0 Å². The van der Waals surface area contributed by atoms with Gasteiger partial charge >= 0.3 is 0 Å². The van der Waals surface area contributed by atoms with Crippen molar-refractivity contribution in [3.05, 3.63) is 49.3 Å². The summed E-state index contributed by atoms with van der Waals surface area (Å²) in [6.07, 6.45) is 5.68. The third-order valence-corrected chi connectivity index (χ3v) is 2.57. The van der Waals surface area contributed by atoms with E-state index in [2.05, 4.69) is 41.9 Å². The van der Waals surface area contributed by atoms with Crippen LogP contribution in [0.3, 0.4) is 0 Å². The van der Waals surface area contributed by atoms with Crippen LogP contribution in [0, 0.1) is 0 Å². The zero-order valence-electron chi connectivity index (χ0n) is 8.90. The van der Waals surface area contributed by atoms with Gasteiger partial charge in [-0.15, -0.1) is 0 Å². The van der Waals surface area contributed by atoms with Crippen molar-refractivity contribution < 1.29 is 0 Å². The molecule has 0 aromatic carbocycles. The van der Waals surface area contributed by atoms with Gasteiger partial charge in [0, 0.05) is 29.9 Å². The van der Waals surface area contributed by atoms with Crippen LogP contribution in [0.25, 0.3) is 16.6 Å². The van der Waals surface area contributed by atoms with E-state index in [0.29, 0.717) is 0 Å². The van der Waals surface area contributed by atoms with E-state index < -0.39 is 0 Å². The van der Waals surface area contributed by atoms with E-state index in [1.165, 1.54) is 0 Å². The Kier molecular flexibility index (Phi) is 2.42. The second-order valence-electron chi connectivity index (χ2n) is 3.43. The third kappa shape index (κ3) is 1.48. The van der Waals surface area contributed by atoms with Gasteiger partial charge in [0.2, 0.25) is 0 Å². The summed E-state index contributed by atoms with van der Waals surface area (Å²) in [5.41, 5.74) is 3.08. The van der Waals surface area contributed by atoms with E-state index in [9.17, 15) is 0 Å². The van der Waals surface area contributed by atoms with Crippen LogP contribution in [0.5, 0.6) is 0 Å². The summed E-state index contributed by atoms with van der Waals surface area (Å²) < 4.78 is 2.12. The van der Waals surface area contributed by atoms with Crippen molar-refractivity contribution in [2.45, 2.75) is 13.5 Å². The van der Waals surface area contributed by atoms with Crippen LogP contribution in [0.2, 0.25) is 0 Å². The van der Waals surface area contributed by atoms with E-state index in [1.54, 1.807) is 6.08 Å². The number of allylic oxidation sites excluding steroid dienone is 2. The second-order valence-corrected chi connectivity index (χ2v) is 3.43. The third-order valence-electron chi connectivity index (χ3n) is 2.57. The van der Waals surface area contributed by atoms with Gasteiger partial charge in [0.05, 0.1) is 0 Å². The lowest BCUT2D eigenvalue weighted by atomic mass is 10.1. The molecule has 2 rings (SSSR count). The van der Waals surface area contributed by atoms with Crippen LogP contribution in [0.4, 0.5) is 0 Å². The largest absolute Gasteiger partial charge is 0.332 e. The zero-order valence-corrected chi connectivity index (χ0v) is 8.90. The SMILES string of the molecule is C=CC(=C)c1cn(CC)c2ncccc12. The van der Waals surface area contributed by atoms with E-state index in [0.717, 1.165) is 28.7 Å². The highest BCUT2D eigenvalue weighted by Crippen LogP contribution is 2.25. The molecule has 0 saturated heterocycles. The quantitative estimate of drug-likeness (QED) is 0.692. The average molecular weight is 198 g/mol. The highest BCUT2D eigenvalue weighted by molar-refractivity contribution is 5.92. The van der Waals surface area contributed by atoms with Crippen LogP contribution in [-0.4, -0.2) is 9.55 Å². The van der Waals surface area contributed by atoms with Crippen molar-refractivity contribution in [2.24, 2.45) is 0 Å². The number of nitrogens with zero attached hydrogens (tertiary/aromatic N) is 2. The lowest BCUT2D eigenvalue weighted by Crippen LogP contribution is -1.91. The van der Waals surface area contributed by atoms with Crippen LogP contribution in [0.1, 0.15) is 12.5 Å². The lowest BCUT2D eigenvalue weighted by molar-refractivity contribution is 0.787. The fourth-order valence-corrected chi connectivity index (χ4v) is 1.73. The molecule has 0 unspecified atom stereocenters. The Balaban J connectivity index is 2.75. The van der Waals surface area contributed by atoms with Gasteiger partial charge in [-0.05, 0) is 24.6 Å². The van der Waals surface area contributed by atoms with Gasteiger partial charge in [0.25, 0.3) is 0 Å². The van der Waals surface area contributed by atoms with Crippen molar-refractivity contribution >= 4 is 16.6 Å². The van der Waals surface area contributed by atoms with Crippen LogP contribution in [-0.2, 0) is 6.54 Å². The number of hydrogen-bond donors (Lipinski definition) is 0. The van der Waals surface area contributed by atoms with E-state index >= 15 is 0 Å². The maximum absolute atomic E-state index is 4.38. The number of aromatic nitrogens is 2. The predicted molar refractivity (Wildman–Crippen MR) is 64.6 cm³/mol. The van der Waals surface area contributed by atoms with E-state index in [1.807, 2.05) is 12.3 Å². The molecule has 0 radical (unpaired) electrons. The minimum absolute atomic E-state index is 0.915. The Morgan fingerprint density at radius 1 is 1.60 bits per heavy atom. The van der Waals surface area contributed by atoms with Crippen LogP contribution >= 0.6 is 0 Å². The standard InChI is InChI=1S/C13H14N2/c1-4-10(3)12-9-15(5-2)13-11(12)7-6-8-14-13/h4,6-9H,1,3,5H2,2H3.